The Labute approximate surface area is 144 Å². The number of aliphatic hydroxyl groups is 1. The molecule has 0 spiro atoms. The van der Waals surface area contributed by atoms with E-state index in [2.05, 4.69) is 12.2 Å². The molecular formula is C20H28O4. The topological polar surface area (TPSA) is 59.7 Å². The van der Waals surface area contributed by atoms with Crippen molar-refractivity contribution in [2.75, 3.05) is 7.11 Å². The number of hydrogen-bond acceptors (Lipinski definition) is 4. The maximum Gasteiger partial charge on any atom is 0.291 e. The van der Waals surface area contributed by atoms with Crippen LogP contribution in [0.3, 0.4) is 0 Å². The van der Waals surface area contributed by atoms with Crippen LogP contribution in [0.5, 0.6) is 5.95 Å². The van der Waals surface area contributed by atoms with Crippen molar-refractivity contribution in [1.29, 1.82) is 0 Å². The molecule has 1 rings (SSSR count). The normalized spacial score (nSPS) is 14.3. The first-order chi connectivity index (χ1) is 11.3. The first-order valence-electron chi connectivity index (χ1n) is 8.12. The van der Waals surface area contributed by atoms with Crippen LogP contribution < -0.4 is 10.2 Å². The minimum Gasteiger partial charge on any atom is -0.468 e. The van der Waals surface area contributed by atoms with Gasteiger partial charge in [0, 0.05) is 12.0 Å². The zero-order valence-corrected chi connectivity index (χ0v) is 15.5. The lowest BCUT2D eigenvalue weighted by molar-refractivity contribution is 0.243. The molecule has 0 amide bonds. The highest BCUT2D eigenvalue weighted by Gasteiger charge is 2.13. The molecule has 0 unspecified atom stereocenters. The molecule has 0 aliphatic carbocycles. The SMILES string of the molecule is COc1oc(CC=C(C)CC=CC(C)=C[C@@H](C)O)c(C)c(=O)c1C. The minimum absolute atomic E-state index is 0.0297. The van der Waals surface area contributed by atoms with Crippen molar-refractivity contribution in [2.45, 2.75) is 53.6 Å². The second kappa shape index (κ2) is 9.28. The minimum atomic E-state index is -0.436. The van der Waals surface area contributed by atoms with Crippen molar-refractivity contribution in [3.63, 3.8) is 0 Å². The zero-order valence-electron chi connectivity index (χ0n) is 15.5. The van der Waals surface area contributed by atoms with Crippen molar-refractivity contribution >= 4 is 0 Å². The van der Waals surface area contributed by atoms with Gasteiger partial charge >= 0.3 is 0 Å². The maximum atomic E-state index is 12.2. The van der Waals surface area contributed by atoms with Gasteiger partial charge in [-0.3, -0.25) is 4.79 Å². The Morgan fingerprint density at radius 1 is 1.29 bits per heavy atom. The summed E-state index contributed by atoms with van der Waals surface area (Å²) in [5.41, 5.74) is 3.31. The maximum absolute atomic E-state index is 12.2. The van der Waals surface area contributed by atoms with Gasteiger partial charge < -0.3 is 14.3 Å². The average molecular weight is 332 g/mol. The third-order valence-corrected chi connectivity index (χ3v) is 3.77. The summed E-state index contributed by atoms with van der Waals surface area (Å²) in [4.78, 5) is 12.2. The highest BCUT2D eigenvalue weighted by Crippen LogP contribution is 2.19. The molecule has 0 saturated heterocycles. The van der Waals surface area contributed by atoms with Gasteiger partial charge in [0.05, 0.1) is 18.8 Å². The largest absolute Gasteiger partial charge is 0.468 e. The number of rotatable bonds is 7. The van der Waals surface area contributed by atoms with Crippen molar-refractivity contribution < 1.29 is 14.3 Å². The van der Waals surface area contributed by atoms with Crippen molar-refractivity contribution in [3.8, 4) is 5.95 Å². The van der Waals surface area contributed by atoms with Gasteiger partial charge in [0.2, 0.25) is 0 Å². The second-order valence-electron chi connectivity index (χ2n) is 6.11. The van der Waals surface area contributed by atoms with Crippen LogP contribution in [-0.4, -0.2) is 18.3 Å². The molecule has 1 aromatic rings. The van der Waals surface area contributed by atoms with E-state index < -0.39 is 6.10 Å². The number of ether oxygens (including phenoxy) is 1. The third kappa shape index (κ3) is 5.85. The fourth-order valence-electron chi connectivity index (χ4n) is 2.37. The molecule has 0 aliphatic rings. The highest BCUT2D eigenvalue weighted by molar-refractivity contribution is 5.30. The van der Waals surface area contributed by atoms with E-state index in [0.29, 0.717) is 23.3 Å². The van der Waals surface area contributed by atoms with E-state index in [0.717, 1.165) is 12.0 Å². The van der Waals surface area contributed by atoms with Gasteiger partial charge in [0.1, 0.15) is 5.76 Å². The van der Waals surface area contributed by atoms with Gasteiger partial charge in [-0.2, -0.15) is 0 Å². The van der Waals surface area contributed by atoms with Crippen LogP contribution in [0.1, 0.15) is 44.1 Å². The Kier molecular flexibility index (Phi) is 7.72. The lowest BCUT2D eigenvalue weighted by Crippen LogP contribution is -2.13. The van der Waals surface area contributed by atoms with Gasteiger partial charge in [-0.15, -0.1) is 0 Å². The van der Waals surface area contributed by atoms with Crippen molar-refractivity contribution in [2.24, 2.45) is 0 Å². The Balaban J connectivity index is 2.81. The van der Waals surface area contributed by atoms with Crippen molar-refractivity contribution in [3.05, 3.63) is 62.6 Å². The zero-order chi connectivity index (χ0) is 18.3. The van der Waals surface area contributed by atoms with Gasteiger partial charge in [-0.05, 0) is 41.0 Å². The molecule has 0 radical (unpaired) electrons. The van der Waals surface area contributed by atoms with E-state index in [1.807, 2.05) is 19.9 Å². The van der Waals surface area contributed by atoms with E-state index in [1.165, 1.54) is 12.7 Å². The van der Waals surface area contributed by atoms with Crippen LogP contribution in [0.4, 0.5) is 0 Å². The third-order valence-electron chi connectivity index (χ3n) is 3.77. The van der Waals surface area contributed by atoms with Gasteiger partial charge in [0.25, 0.3) is 5.95 Å². The molecule has 4 heteroatoms. The number of hydrogen-bond donors (Lipinski definition) is 1. The molecule has 1 atom stereocenters. The van der Waals surface area contributed by atoms with Crippen LogP contribution in [-0.2, 0) is 6.42 Å². The monoisotopic (exact) mass is 332 g/mol. The van der Waals surface area contributed by atoms with Crippen molar-refractivity contribution in [1.82, 2.24) is 0 Å². The predicted molar refractivity (Wildman–Crippen MR) is 97.7 cm³/mol. The fourth-order valence-corrected chi connectivity index (χ4v) is 2.37. The Morgan fingerprint density at radius 2 is 1.96 bits per heavy atom. The summed E-state index contributed by atoms with van der Waals surface area (Å²) in [7, 11) is 1.50. The van der Waals surface area contributed by atoms with Gasteiger partial charge in [0.15, 0.2) is 5.43 Å². The Hall–Kier alpha value is -2.07. The van der Waals surface area contributed by atoms with Gasteiger partial charge in [-0.25, -0.2) is 0 Å². The van der Waals surface area contributed by atoms with E-state index in [4.69, 9.17) is 9.15 Å². The van der Waals surface area contributed by atoms with E-state index in [1.54, 1.807) is 26.8 Å². The smallest absolute Gasteiger partial charge is 0.291 e. The summed E-state index contributed by atoms with van der Waals surface area (Å²) < 4.78 is 10.8. The summed E-state index contributed by atoms with van der Waals surface area (Å²) in [6.45, 7) is 9.21. The Morgan fingerprint density at radius 3 is 2.54 bits per heavy atom. The van der Waals surface area contributed by atoms with E-state index >= 15 is 0 Å². The van der Waals surface area contributed by atoms with E-state index in [9.17, 15) is 9.90 Å². The van der Waals surface area contributed by atoms with Crippen LogP contribution in [0.15, 0.2) is 44.7 Å². The molecule has 1 N–H and O–H groups in total. The quantitative estimate of drug-likeness (QED) is 0.605. The fraction of sp³-hybridized carbons (Fsp3) is 0.450. The van der Waals surface area contributed by atoms with Crippen LogP contribution in [0, 0.1) is 13.8 Å². The lowest BCUT2D eigenvalue weighted by Gasteiger charge is -2.08. The molecule has 132 valence electrons. The molecule has 24 heavy (non-hydrogen) atoms. The summed E-state index contributed by atoms with van der Waals surface area (Å²) in [6, 6.07) is 0. The van der Waals surface area contributed by atoms with Crippen LogP contribution in [0.2, 0.25) is 0 Å². The average Bonchev–Trinajstić information content (AvgIpc) is 2.51. The summed E-state index contributed by atoms with van der Waals surface area (Å²) >= 11 is 0. The van der Waals surface area contributed by atoms with E-state index in [-0.39, 0.29) is 11.4 Å². The second-order valence-corrected chi connectivity index (χ2v) is 6.11. The molecule has 1 heterocycles. The summed E-state index contributed by atoms with van der Waals surface area (Å²) in [5, 5.41) is 9.28. The molecule has 0 saturated carbocycles. The number of allylic oxidation sites excluding steroid dienone is 5. The Bertz CT molecular complexity index is 703. The van der Waals surface area contributed by atoms with Crippen LogP contribution >= 0.6 is 0 Å². The standard InChI is InChI=1S/C20H28O4/c1-13(8-7-9-14(2)12-15(3)21)10-11-18-16(4)19(22)17(5)20(23-6)24-18/h7,9-10,12,15,21H,8,11H2,1-6H3/t15-/m1/s1. The first-order valence-corrected chi connectivity index (χ1v) is 8.12. The molecule has 1 aromatic heterocycles. The number of methoxy groups -OCH3 is 1. The molecule has 4 nitrogen and oxygen atoms in total. The molecule has 0 bridgehead atoms. The van der Waals surface area contributed by atoms with Crippen LogP contribution in [0.25, 0.3) is 0 Å². The predicted octanol–water partition coefficient (Wildman–Crippen LogP) is 4.03. The first kappa shape index (κ1) is 20.0. The number of aliphatic hydroxyl groups excluding tert-OH is 1. The summed E-state index contributed by atoms with van der Waals surface area (Å²) in [5.74, 6) is 0.918. The molecule has 0 aromatic carbocycles. The lowest BCUT2D eigenvalue weighted by atomic mass is 10.1. The van der Waals surface area contributed by atoms with Gasteiger partial charge in [-0.1, -0.05) is 35.5 Å². The molecule has 0 fully saturated rings. The highest BCUT2D eigenvalue weighted by atomic mass is 16.6. The molecular weight excluding hydrogens is 304 g/mol. The summed E-state index contributed by atoms with van der Waals surface area (Å²) in [6.07, 6.45) is 8.82. The molecule has 0 aliphatic heterocycles.